The van der Waals surface area contributed by atoms with E-state index in [1.807, 2.05) is 30.3 Å². The van der Waals surface area contributed by atoms with Crippen LogP contribution in [0.1, 0.15) is 40.4 Å². The molecule has 1 aromatic carbocycles. The molecule has 0 atom stereocenters. The highest BCUT2D eigenvalue weighted by Gasteiger charge is 2.20. The maximum absolute atomic E-state index is 12.9. The molecule has 1 amide bonds. The molecule has 2 aromatic heterocycles. The predicted octanol–water partition coefficient (Wildman–Crippen LogP) is 2.75. The van der Waals surface area contributed by atoms with Gasteiger partial charge in [-0.25, -0.2) is 10.8 Å². The standard InChI is InChI=1S/C24H29N7O/c1-30-9-6-16(7-10-30)22-12-18(5-8-27-22)24(32)29-23-13-20-11-17(21(25)15-31(2)26)3-4-19(20)14-28-23/h3-5,8,11-16H,6-7,9-10,25-26H2,1-2H3,(H,28,29,32)/b21-15-. The summed E-state index contributed by atoms with van der Waals surface area (Å²) >= 11 is 0. The fraction of sp³-hybridized carbons (Fsp3) is 0.292. The number of piperidine rings is 1. The number of hydrogen-bond donors (Lipinski definition) is 3. The van der Waals surface area contributed by atoms with Gasteiger partial charge in [0.2, 0.25) is 0 Å². The molecule has 0 aliphatic carbocycles. The first-order valence-electron chi connectivity index (χ1n) is 10.7. The number of carbonyl (C=O) groups is 1. The van der Waals surface area contributed by atoms with Gasteiger partial charge in [-0.15, -0.1) is 0 Å². The fourth-order valence-corrected chi connectivity index (χ4v) is 3.99. The second-order valence-corrected chi connectivity index (χ2v) is 8.38. The summed E-state index contributed by atoms with van der Waals surface area (Å²) in [6.07, 6.45) is 7.21. The third-order valence-electron chi connectivity index (χ3n) is 5.82. The Balaban J connectivity index is 1.53. The van der Waals surface area contributed by atoms with Crippen molar-refractivity contribution >= 4 is 28.2 Å². The van der Waals surface area contributed by atoms with Gasteiger partial charge in [0.25, 0.3) is 5.91 Å². The fourth-order valence-electron chi connectivity index (χ4n) is 3.99. The predicted molar refractivity (Wildman–Crippen MR) is 128 cm³/mol. The minimum Gasteiger partial charge on any atom is -0.397 e. The van der Waals surface area contributed by atoms with Crippen LogP contribution in [0.3, 0.4) is 0 Å². The Labute approximate surface area is 187 Å². The van der Waals surface area contributed by atoms with Crippen molar-refractivity contribution in [2.24, 2.45) is 11.6 Å². The lowest BCUT2D eigenvalue weighted by Gasteiger charge is -2.28. The van der Waals surface area contributed by atoms with Crippen molar-refractivity contribution in [1.82, 2.24) is 19.9 Å². The van der Waals surface area contributed by atoms with Crippen molar-refractivity contribution in [3.63, 3.8) is 0 Å². The summed E-state index contributed by atoms with van der Waals surface area (Å²) in [5, 5.41) is 6.19. The van der Waals surface area contributed by atoms with Crippen LogP contribution >= 0.6 is 0 Å². The number of rotatable bonds is 5. The summed E-state index contributed by atoms with van der Waals surface area (Å²) in [7, 11) is 3.84. The van der Waals surface area contributed by atoms with Gasteiger partial charge in [-0.05, 0) is 68.2 Å². The molecular formula is C24H29N7O. The average molecular weight is 432 g/mol. The van der Waals surface area contributed by atoms with Crippen LogP contribution in [-0.2, 0) is 0 Å². The molecule has 32 heavy (non-hydrogen) atoms. The number of hydrazine groups is 1. The molecule has 5 N–H and O–H groups in total. The van der Waals surface area contributed by atoms with E-state index >= 15 is 0 Å². The second-order valence-electron chi connectivity index (χ2n) is 8.38. The van der Waals surface area contributed by atoms with Crippen molar-refractivity contribution in [3.8, 4) is 0 Å². The molecule has 0 saturated carbocycles. The molecule has 8 heteroatoms. The van der Waals surface area contributed by atoms with Crippen LogP contribution in [-0.4, -0.2) is 53.0 Å². The molecule has 0 bridgehead atoms. The van der Waals surface area contributed by atoms with Crippen LogP contribution in [0.4, 0.5) is 5.82 Å². The SMILES string of the molecule is CN(N)/C=C(\N)c1ccc2cnc(NC(=O)c3ccnc(C4CCN(C)CC4)c3)cc2c1. The molecule has 0 unspecified atom stereocenters. The Morgan fingerprint density at radius 1 is 1.12 bits per heavy atom. The Hall–Kier alpha value is -3.49. The Morgan fingerprint density at radius 3 is 2.66 bits per heavy atom. The van der Waals surface area contributed by atoms with Crippen molar-refractivity contribution < 1.29 is 4.79 Å². The normalized spacial score (nSPS) is 15.7. The highest BCUT2D eigenvalue weighted by atomic mass is 16.1. The summed E-state index contributed by atoms with van der Waals surface area (Å²) in [6.45, 7) is 2.10. The zero-order chi connectivity index (χ0) is 22.7. The number of hydrogen-bond acceptors (Lipinski definition) is 7. The number of anilines is 1. The van der Waals surface area contributed by atoms with E-state index in [0.717, 1.165) is 48.0 Å². The van der Waals surface area contributed by atoms with Gasteiger partial charge in [0.15, 0.2) is 0 Å². The van der Waals surface area contributed by atoms with Crippen LogP contribution in [0, 0.1) is 0 Å². The van der Waals surface area contributed by atoms with Crippen LogP contribution in [0.25, 0.3) is 16.5 Å². The molecule has 0 spiro atoms. The number of pyridine rings is 2. The largest absolute Gasteiger partial charge is 0.397 e. The summed E-state index contributed by atoms with van der Waals surface area (Å²) in [5.74, 6) is 6.33. The number of benzene rings is 1. The number of aromatic nitrogens is 2. The molecule has 3 heterocycles. The highest BCUT2D eigenvalue weighted by molar-refractivity contribution is 6.04. The maximum atomic E-state index is 12.9. The number of nitrogens with two attached hydrogens (primary N) is 2. The Bertz CT molecular complexity index is 1150. The van der Waals surface area contributed by atoms with Crippen LogP contribution in [0.2, 0.25) is 0 Å². The van der Waals surface area contributed by atoms with E-state index in [2.05, 4.69) is 27.2 Å². The summed E-state index contributed by atoms with van der Waals surface area (Å²) in [5.41, 5.74) is 9.07. The summed E-state index contributed by atoms with van der Waals surface area (Å²) in [4.78, 5) is 24.1. The molecule has 1 saturated heterocycles. The monoisotopic (exact) mass is 431 g/mol. The van der Waals surface area contributed by atoms with Crippen molar-refractivity contribution in [2.45, 2.75) is 18.8 Å². The van der Waals surface area contributed by atoms with Gasteiger partial charge in [0.05, 0.1) is 5.70 Å². The van der Waals surface area contributed by atoms with Gasteiger partial charge < -0.3 is 21.0 Å². The molecule has 0 radical (unpaired) electrons. The van der Waals surface area contributed by atoms with Crippen molar-refractivity contribution in [1.29, 1.82) is 0 Å². The van der Waals surface area contributed by atoms with E-state index in [1.165, 1.54) is 5.01 Å². The minimum absolute atomic E-state index is 0.200. The Kier molecular flexibility index (Phi) is 6.34. The average Bonchev–Trinajstić information content (AvgIpc) is 2.78. The molecule has 1 aliphatic rings. The lowest BCUT2D eigenvalue weighted by atomic mass is 9.92. The molecule has 166 valence electrons. The lowest BCUT2D eigenvalue weighted by Crippen LogP contribution is -2.29. The summed E-state index contributed by atoms with van der Waals surface area (Å²) in [6, 6.07) is 11.3. The first-order chi connectivity index (χ1) is 15.4. The third kappa shape index (κ3) is 5.04. The number of nitrogens with zero attached hydrogens (tertiary/aromatic N) is 4. The zero-order valence-corrected chi connectivity index (χ0v) is 18.5. The Morgan fingerprint density at radius 2 is 1.91 bits per heavy atom. The van der Waals surface area contributed by atoms with Gasteiger partial charge in [-0.2, -0.15) is 0 Å². The van der Waals surface area contributed by atoms with Gasteiger partial charge in [0.1, 0.15) is 5.82 Å². The van der Waals surface area contributed by atoms with E-state index in [0.29, 0.717) is 23.0 Å². The van der Waals surface area contributed by atoms with E-state index in [9.17, 15) is 4.79 Å². The number of likely N-dealkylation sites (tertiary alicyclic amines) is 1. The molecule has 1 fully saturated rings. The number of nitrogens with one attached hydrogen (secondary N) is 1. The molecule has 8 nitrogen and oxygen atoms in total. The van der Waals surface area contributed by atoms with E-state index in [4.69, 9.17) is 11.6 Å². The molecule has 4 rings (SSSR count). The first kappa shape index (κ1) is 21.7. The first-order valence-corrected chi connectivity index (χ1v) is 10.7. The van der Waals surface area contributed by atoms with Crippen LogP contribution < -0.4 is 16.9 Å². The molecule has 1 aliphatic heterocycles. The quantitative estimate of drug-likeness (QED) is 0.420. The van der Waals surface area contributed by atoms with Gasteiger partial charge in [-0.1, -0.05) is 12.1 Å². The van der Waals surface area contributed by atoms with Crippen LogP contribution in [0.5, 0.6) is 0 Å². The van der Waals surface area contributed by atoms with Crippen molar-refractivity contribution in [3.05, 3.63) is 71.8 Å². The van der Waals surface area contributed by atoms with E-state index < -0.39 is 0 Å². The molecule has 3 aromatic rings. The van der Waals surface area contributed by atoms with Gasteiger partial charge in [0, 0.05) is 48.2 Å². The van der Waals surface area contributed by atoms with E-state index in [-0.39, 0.29) is 5.91 Å². The molecular weight excluding hydrogens is 402 g/mol. The number of amides is 1. The van der Waals surface area contributed by atoms with Crippen molar-refractivity contribution in [2.75, 3.05) is 32.5 Å². The van der Waals surface area contributed by atoms with Gasteiger partial charge >= 0.3 is 0 Å². The number of fused-ring (bicyclic) bond motifs is 1. The third-order valence-corrected chi connectivity index (χ3v) is 5.82. The van der Waals surface area contributed by atoms with Gasteiger partial charge in [-0.3, -0.25) is 9.78 Å². The topological polar surface area (TPSA) is 113 Å². The lowest BCUT2D eigenvalue weighted by molar-refractivity contribution is 0.102. The number of carbonyl (C=O) groups excluding carboxylic acids is 1. The van der Waals surface area contributed by atoms with Crippen LogP contribution in [0.15, 0.2) is 55.0 Å². The smallest absolute Gasteiger partial charge is 0.256 e. The zero-order valence-electron chi connectivity index (χ0n) is 18.5. The second kappa shape index (κ2) is 9.33. The summed E-state index contributed by atoms with van der Waals surface area (Å²) < 4.78 is 0. The van der Waals surface area contributed by atoms with E-state index in [1.54, 1.807) is 31.7 Å². The minimum atomic E-state index is -0.200. The maximum Gasteiger partial charge on any atom is 0.256 e. The highest BCUT2D eigenvalue weighted by Crippen LogP contribution is 2.27.